The number of rotatable bonds is 6. The molecule has 0 saturated heterocycles. The van der Waals surface area contributed by atoms with Crippen LogP contribution in [0.4, 0.5) is 0 Å². The lowest BCUT2D eigenvalue weighted by molar-refractivity contribution is 0.170. The zero-order chi connectivity index (χ0) is 11.4. The molecule has 6 heteroatoms. The second-order valence-corrected chi connectivity index (χ2v) is 5.42. The summed E-state index contributed by atoms with van der Waals surface area (Å²) in [6.45, 7) is 3.50. The van der Waals surface area contributed by atoms with E-state index < -0.39 is 15.7 Å². The topological polar surface area (TPSA) is 69.6 Å². The number of aliphatic hydroxyl groups is 1. The molecule has 0 aliphatic rings. The number of hydrogen-bond acceptors (Lipinski definition) is 3. The van der Waals surface area contributed by atoms with Crippen LogP contribution in [0.5, 0.6) is 0 Å². The summed E-state index contributed by atoms with van der Waals surface area (Å²) in [6.07, 6.45) is 1.13. The summed E-state index contributed by atoms with van der Waals surface area (Å²) in [6, 6.07) is 0. The van der Waals surface area contributed by atoms with E-state index >= 15 is 0 Å². The summed E-state index contributed by atoms with van der Waals surface area (Å²) in [7, 11) is -0.561. The minimum absolute atomic E-state index is 0.187. The highest BCUT2D eigenvalue weighted by Gasteiger charge is 2.31. The van der Waals surface area contributed by atoms with E-state index in [4.69, 9.17) is 0 Å². The van der Waals surface area contributed by atoms with Gasteiger partial charge in [0.1, 0.15) is 0 Å². The standard InChI is InChI=1S/C8H20N2O3S/c1-5-8(6-2,7-11)9-14(12,13)10(3)4/h9,11H,5-7H2,1-4H3. The highest BCUT2D eigenvalue weighted by atomic mass is 32.2. The SMILES string of the molecule is CCC(CC)(CO)NS(=O)(=O)N(C)C. The van der Waals surface area contributed by atoms with Gasteiger partial charge in [-0.3, -0.25) is 0 Å². The van der Waals surface area contributed by atoms with E-state index in [0.717, 1.165) is 4.31 Å². The molecule has 0 aromatic heterocycles. The molecule has 14 heavy (non-hydrogen) atoms. The number of hydrogen-bond donors (Lipinski definition) is 2. The fraction of sp³-hybridized carbons (Fsp3) is 1.00. The van der Waals surface area contributed by atoms with E-state index in [1.807, 2.05) is 13.8 Å². The second-order valence-electron chi connectivity index (χ2n) is 3.54. The summed E-state index contributed by atoms with van der Waals surface area (Å²) in [5.41, 5.74) is -0.733. The first-order valence-electron chi connectivity index (χ1n) is 4.66. The second kappa shape index (κ2) is 5.06. The summed E-state index contributed by atoms with van der Waals surface area (Å²) >= 11 is 0. The van der Waals surface area contributed by atoms with Gasteiger partial charge in [0.05, 0.1) is 12.1 Å². The van der Waals surface area contributed by atoms with E-state index in [1.165, 1.54) is 14.1 Å². The van der Waals surface area contributed by atoms with Crippen LogP contribution < -0.4 is 4.72 Å². The molecule has 0 radical (unpaired) electrons. The van der Waals surface area contributed by atoms with Crippen LogP contribution in [0.1, 0.15) is 26.7 Å². The van der Waals surface area contributed by atoms with Gasteiger partial charge in [-0.05, 0) is 12.8 Å². The molecule has 0 rings (SSSR count). The van der Waals surface area contributed by atoms with Gasteiger partial charge in [0, 0.05) is 14.1 Å². The molecule has 5 nitrogen and oxygen atoms in total. The van der Waals surface area contributed by atoms with Crippen molar-refractivity contribution in [3.05, 3.63) is 0 Å². The predicted molar refractivity (Wildman–Crippen MR) is 56.1 cm³/mol. The van der Waals surface area contributed by atoms with Crippen LogP contribution in [0.3, 0.4) is 0 Å². The van der Waals surface area contributed by atoms with E-state index in [1.54, 1.807) is 0 Å². The lowest BCUT2D eigenvalue weighted by atomic mass is 9.96. The van der Waals surface area contributed by atoms with Crippen LogP contribution in [0.2, 0.25) is 0 Å². The molecule has 0 amide bonds. The third-order valence-corrected chi connectivity index (χ3v) is 4.13. The average molecular weight is 224 g/mol. The first-order chi connectivity index (χ1) is 6.33. The Kier molecular flexibility index (Phi) is 5.00. The number of nitrogens with zero attached hydrogens (tertiary/aromatic N) is 1. The van der Waals surface area contributed by atoms with E-state index in [9.17, 15) is 13.5 Å². The highest BCUT2D eigenvalue weighted by Crippen LogP contribution is 2.15. The van der Waals surface area contributed by atoms with E-state index in [0.29, 0.717) is 12.8 Å². The van der Waals surface area contributed by atoms with E-state index in [2.05, 4.69) is 4.72 Å². The fourth-order valence-electron chi connectivity index (χ4n) is 1.02. The van der Waals surface area contributed by atoms with Crippen molar-refractivity contribution in [3.8, 4) is 0 Å². The molecule has 2 N–H and O–H groups in total. The van der Waals surface area contributed by atoms with Crippen LogP contribution in [-0.2, 0) is 10.2 Å². The third-order valence-electron chi connectivity index (χ3n) is 2.48. The zero-order valence-corrected chi connectivity index (χ0v) is 10.1. The van der Waals surface area contributed by atoms with Crippen molar-refractivity contribution in [2.24, 2.45) is 0 Å². The maximum atomic E-state index is 11.5. The Hall–Kier alpha value is -0.170. The Morgan fingerprint density at radius 1 is 1.29 bits per heavy atom. The normalized spacial score (nSPS) is 13.6. The molecule has 0 bridgehead atoms. The van der Waals surface area contributed by atoms with Crippen molar-refractivity contribution in [1.29, 1.82) is 0 Å². The minimum atomic E-state index is -3.47. The molecule has 0 unspecified atom stereocenters. The van der Waals surface area contributed by atoms with Gasteiger partial charge in [0.15, 0.2) is 0 Å². The fourth-order valence-corrected chi connectivity index (χ4v) is 2.10. The lowest BCUT2D eigenvalue weighted by Gasteiger charge is -2.31. The average Bonchev–Trinajstić information content (AvgIpc) is 2.14. The van der Waals surface area contributed by atoms with Crippen LogP contribution in [-0.4, -0.2) is 44.1 Å². The molecule has 0 aromatic carbocycles. The Morgan fingerprint density at radius 2 is 1.71 bits per heavy atom. The van der Waals surface area contributed by atoms with Gasteiger partial charge in [-0.25, -0.2) is 0 Å². The first kappa shape index (κ1) is 13.8. The maximum Gasteiger partial charge on any atom is 0.279 e. The van der Waals surface area contributed by atoms with Crippen LogP contribution >= 0.6 is 0 Å². The van der Waals surface area contributed by atoms with Crippen molar-refractivity contribution in [1.82, 2.24) is 9.03 Å². The van der Waals surface area contributed by atoms with Crippen molar-refractivity contribution in [2.75, 3.05) is 20.7 Å². The summed E-state index contributed by atoms with van der Waals surface area (Å²) in [5.74, 6) is 0. The Morgan fingerprint density at radius 3 is 1.93 bits per heavy atom. The molecule has 0 saturated carbocycles. The zero-order valence-electron chi connectivity index (χ0n) is 9.24. The molecule has 0 atom stereocenters. The van der Waals surface area contributed by atoms with Gasteiger partial charge in [-0.2, -0.15) is 17.4 Å². The molecule has 0 fully saturated rings. The van der Waals surface area contributed by atoms with Gasteiger partial charge < -0.3 is 5.11 Å². The van der Waals surface area contributed by atoms with Crippen molar-refractivity contribution in [3.63, 3.8) is 0 Å². The van der Waals surface area contributed by atoms with Crippen LogP contribution in [0, 0.1) is 0 Å². The molecule has 0 aliphatic carbocycles. The highest BCUT2D eigenvalue weighted by molar-refractivity contribution is 7.87. The Balaban J connectivity index is 4.78. The van der Waals surface area contributed by atoms with Crippen molar-refractivity contribution in [2.45, 2.75) is 32.2 Å². The molecule has 0 heterocycles. The molecular weight excluding hydrogens is 204 g/mol. The Bertz CT molecular complexity index is 249. The summed E-state index contributed by atoms with van der Waals surface area (Å²) in [5, 5.41) is 9.18. The summed E-state index contributed by atoms with van der Waals surface area (Å²) < 4.78 is 26.7. The van der Waals surface area contributed by atoms with E-state index in [-0.39, 0.29) is 6.61 Å². The number of nitrogens with one attached hydrogen (secondary N) is 1. The molecular formula is C8H20N2O3S. The van der Waals surface area contributed by atoms with Crippen LogP contribution in [0.15, 0.2) is 0 Å². The monoisotopic (exact) mass is 224 g/mol. The summed E-state index contributed by atoms with van der Waals surface area (Å²) in [4.78, 5) is 0. The minimum Gasteiger partial charge on any atom is -0.394 e. The van der Waals surface area contributed by atoms with Crippen LogP contribution in [0.25, 0.3) is 0 Å². The van der Waals surface area contributed by atoms with Crippen molar-refractivity contribution < 1.29 is 13.5 Å². The molecule has 0 spiro atoms. The molecule has 0 aromatic rings. The van der Waals surface area contributed by atoms with Gasteiger partial charge in [-0.15, -0.1) is 0 Å². The largest absolute Gasteiger partial charge is 0.394 e. The van der Waals surface area contributed by atoms with Crippen molar-refractivity contribution >= 4 is 10.2 Å². The third kappa shape index (κ3) is 3.20. The van der Waals surface area contributed by atoms with Gasteiger partial charge in [0.2, 0.25) is 0 Å². The molecule has 86 valence electrons. The number of aliphatic hydroxyl groups excluding tert-OH is 1. The lowest BCUT2D eigenvalue weighted by Crippen LogP contribution is -2.53. The van der Waals surface area contributed by atoms with Gasteiger partial charge in [-0.1, -0.05) is 13.8 Å². The smallest absolute Gasteiger partial charge is 0.279 e. The molecule has 0 aliphatic heterocycles. The van der Waals surface area contributed by atoms with Gasteiger partial charge >= 0.3 is 0 Å². The maximum absolute atomic E-state index is 11.5. The quantitative estimate of drug-likeness (QED) is 0.664. The Labute approximate surface area is 86.3 Å². The predicted octanol–water partition coefficient (Wildman–Crippen LogP) is -0.0665. The van der Waals surface area contributed by atoms with Gasteiger partial charge in [0.25, 0.3) is 10.2 Å². The first-order valence-corrected chi connectivity index (χ1v) is 6.10.